The van der Waals surface area contributed by atoms with Crippen molar-refractivity contribution in [2.75, 3.05) is 74.7 Å². The molecule has 0 unspecified atom stereocenters. The van der Waals surface area contributed by atoms with Gasteiger partial charge in [0.1, 0.15) is 0 Å². The Labute approximate surface area is 213 Å². The first-order valence-corrected chi connectivity index (χ1v) is 12.9. The second-order valence-electron chi connectivity index (χ2n) is 8.62. The third-order valence-electron chi connectivity index (χ3n) is 5.60. The van der Waals surface area contributed by atoms with Crippen LogP contribution >= 0.6 is 0 Å². The first kappa shape index (κ1) is 27.6. The highest BCUT2D eigenvalue weighted by molar-refractivity contribution is 5.78. The molecule has 11 heteroatoms. The van der Waals surface area contributed by atoms with E-state index in [-0.39, 0.29) is 5.91 Å². The van der Waals surface area contributed by atoms with Crippen molar-refractivity contribution in [1.29, 1.82) is 0 Å². The molecular weight excluding hydrogens is 460 g/mol. The molecule has 0 saturated carbocycles. The minimum Gasteiger partial charge on any atom is -0.378 e. The summed E-state index contributed by atoms with van der Waals surface area (Å²) >= 11 is 0. The zero-order valence-corrected chi connectivity index (χ0v) is 21.3. The molecule has 1 aromatic carbocycles. The van der Waals surface area contributed by atoms with Crippen molar-refractivity contribution < 1.29 is 14.3 Å². The van der Waals surface area contributed by atoms with Crippen molar-refractivity contribution in [3.05, 3.63) is 29.8 Å². The van der Waals surface area contributed by atoms with Crippen LogP contribution in [0.1, 0.15) is 38.2 Å². The fourth-order valence-electron chi connectivity index (χ4n) is 3.69. The Morgan fingerprint density at radius 1 is 0.972 bits per heavy atom. The average molecular weight is 501 g/mol. The summed E-state index contributed by atoms with van der Waals surface area (Å²) in [5.41, 5.74) is 7.12. The van der Waals surface area contributed by atoms with Crippen LogP contribution in [-0.2, 0) is 20.7 Å². The largest absolute Gasteiger partial charge is 0.378 e. The van der Waals surface area contributed by atoms with Gasteiger partial charge in [0.15, 0.2) is 0 Å². The van der Waals surface area contributed by atoms with Crippen molar-refractivity contribution in [1.82, 2.24) is 20.3 Å². The summed E-state index contributed by atoms with van der Waals surface area (Å²) in [6.07, 6.45) is 4.76. The van der Waals surface area contributed by atoms with Crippen LogP contribution in [0.3, 0.4) is 0 Å². The number of rotatable bonds is 17. The van der Waals surface area contributed by atoms with Gasteiger partial charge in [0.2, 0.25) is 23.8 Å². The molecule has 0 bridgehead atoms. The summed E-state index contributed by atoms with van der Waals surface area (Å²) < 4.78 is 10.6. The van der Waals surface area contributed by atoms with E-state index in [1.54, 1.807) is 0 Å². The molecule has 3 rings (SSSR count). The predicted octanol–water partition coefficient (Wildman–Crippen LogP) is 2.08. The summed E-state index contributed by atoms with van der Waals surface area (Å²) in [6, 6.07) is 7.71. The van der Waals surface area contributed by atoms with Crippen molar-refractivity contribution in [2.24, 2.45) is 5.73 Å². The first-order valence-electron chi connectivity index (χ1n) is 12.9. The Morgan fingerprint density at radius 2 is 1.69 bits per heavy atom. The SMILES string of the molecule is CCCCNc1nc(Nc2ccc(CC(=O)NCCOCCOCCN)cc2)nc(N2CCCC2)n1. The van der Waals surface area contributed by atoms with Crippen molar-refractivity contribution in [3.8, 4) is 0 Å². The first-order chi connectivity index (χ1) is 17.7. The lowest BCUT2D eigenvalue weighted by Gasteiger charge is -2.17. The normalized spacial score (nSPS) is 13.1. The van der Waals surface area contributed by atoms with Gasteiger partial charge in [-0.05, 0) is 37.0 Å². The number of carbonyl (C=O) groups is 1. The van der Waals surface area contributed by atoms with Gasteiger partial charge in [0.25, 0.3) is 0 Å². The minimum absolute atomic E-state index is 0.0470. The number of aromatic nitrogens is 3. The molecule has 0 aliphatic carbocycles. The van der Waals surface area contributed by atoms with Gasteiger partial charge >= 0.3 is 0 Å². The lowest BCUT2D eigenvalue weighted by molar-refractivity contribution is -0.120. The van der Waals surface area contributed by atoms with Gasteiger partial charge in [-0.1, -0.05) is 25.5 Å². The van der Waals surface area contributed by atoms with Gasteiger partial charge in [-0.2, -0.15) is 15.0 Å². The van der Waals surface area contributed by atoms with Gasteiger partial charge in [0, 0.05) is 38.4 Å². The van der Waals surface area contributed by atoms with E-state index in [1.807, 2.05) is 24.3 Å². The fourth-order valence-corrected chi connectivity index (χ4v) is 3.69. The van der Waals surface area contributed by atoms with Crippen LogP contribution in [0.15, 0.2) is 24.3 Å². The Morgan fingerprint density at radius 3 is 2.42 bits per heavy atom. The van der Waals surface area contributed by atoms with Crippen LogP contribution in [0, 0.1) is 0 Å². The number of benzene rings is 1. The molecule has 2 aromatic rings. The third-order valence-corrected chi connectivity index (χ3v) is 5.60. The van der Waals surface area contributed by atoms with Crippen LogP contribution in [0.5, 0.6) is 0 Å². The number of unbranched alkanes of at least 4 members (excludes halogenated alkanes) is 1. The standard InChI is InChI=1S/C25H40N8O3/c1-2-3-11-28-23-30-24(32-25(31-23)33-13-4-5-14-33)29-21-8-6-20(7-9-21)19-22(34)27-12-16-36-18-17-35-15-10-26/h6-9H,2-5,10-19,26H2,1H3,(H,27,34)(H2,28,29,30,31,32). The fraction of sp³-hybridized carbons (Fsp3) is 0.600. The second-order valence-corrected chi connectivity index (χ2v) is 8.62. The monoisotopic (exact) mass is 500 g/mol. The molecule has 1 saturated heterocycles. The zero-order chi connectivity index (χ0) is 25.4. The molecule has 1 aromatic heterocycles. The van der Waals surface area contributed by atoms with E-state index in [4.69, 9.17) is 15.2 Å². The quantitative estimate of drug-likeness (QED) is 0.239. The van der Waals surface area contributed by atoms with E-state index < -0.39 is 0 Å². The lowest BCUT2D eigenvalue weighted by atomic mass is 10.1. The number of nitrogens with zero attached hydrogens (tertiary/aromatic N) is 4. The minimum atomic E-state index is -0.0470. The highest BCUT2D eigenvalue weighted by atomic mass is 16.5. The Balaban J connectivity index is 1.47. The van der Waals surface area contributed by atoms with Crippen LogP contribution in [0.4, 0.5) is 23.5 Å². The van der Waals surface area contributed by atoms with E-state index in [0.29, 0.717) is 63.8 Å². The molecule has 0 spiro atoms. The van der Waals surface area contributed by atoms with E-state index in [2.05, 4.69) is 42.7 Å². The van der Waals surface area contributed by atoms with Gasteiger partial charge in [0.05, 0.1) is 32.8 Å². The maximum Gasteiger partial charge on any atom is 0.233 e. The van der Waals surface area contributed by atoms with Crippen molar-refractivity contribution >= 4 is 29.4 Å². The Bertz CT molecular complexity index is 907. The Hall–Kier alpha value is -3.02. The molecule has 0 radical (unpaired) electrons. The topological polar surface area (TPSA) is 140 Å². The maximum absolute atomic E-state index is 12.2. The smallest absolute Gasteiger partial charge is 0.233 e. The molecule has 1 aliphatic rings. The Kier molecular flexibility index (Phi) is 12.2. The average Bonchev–Trinajstić information content (AvgIpc) is 3.42. The van der Waals surface area contributed by atoms with Gasteiger partial charge in [-0.15, -0.1) is 0 Å². The predicted molar refractivity (Wildman–Crippen MR) is 142 cm³/mol. The van der Waals surface area contributed by atoms with Crippen LogP contribution < -0.4 is 26.6 Å². The number of anilines is 4. The summed E-state index contributed by atoms with van der Waals surface area (Å²) in [7, 11) is 0. The highest BCUT2D eigenvalue weighted by Crippen LogP contribution is 2.21. The third kappa shape index (κ3) is 9.92. The maximum atomic E-state index is 12.2. The summed E-state index contributed by atoms with van der Waals surface area (Å²) in [5, 5.41) is 9.46. The number of ether oxygens (including phenoxy) is 2. The molecule has 1 amide bonds. The van der Waals surface area contributed by atoms with E-state index in [1.165, 1.54) is 0 Å². The van der Waals surface area contributed by atoms with Gasteiger partial charge in [-0.25, -0.2) is 0 Å². The summed E-state index contributed by atoms with van der Waals surface area (Å²) in [5.74, 6) is 1.74. The molecule has 36 heavy (non-hydrogen) atoms. The highest BCUT2D eigenvalue weighted by Gasteiger charge is 2.17. The number of nitrogens with two attached hydrogens (primary N) is 1. The summed E-state index contributed by atoms with van der Waals surface area (Å²) in [4.78, 5) is 28.2. The molecule has 2 heterocycles. The molecule has 1 fully saturated rings. The molecule has 1 aliphatic heterocycles. The number of hydrogen-bond acceptors (Lipinski definition) is 10. The summed E-state index contributed by atoms with van der Waals surface area (Å²) in [6.45, 7) is 7.84. The molecule has 11 nitrogen and oxygen atoms in total. The molecular formula is C25H40N8O3. The molecule has 0 atom stereocenters. The van der Waals surface area contributed by atoms with Crippen LogP contribution in [0.25, 0.3) is 0 Å². The van der Waals surface area contributed by atoms with E-state index in [9.17, 15) is 4.79 Å². The second kappa shape index (κ2) is 15.9. The zero-order valence-electron chi connectivity index (χ0n) is 21.3. The number of nitrogens with one attached hydrogen (secondary N) is 3. The number of carbonyl (C=O) groups excluding carboxylic acids is 1. The van der Waals surface area contributed by atoms with Crippen molar-refractivity contribution in [3.63, 3.8) is 0 Å². The van der Waals surface area contributed by atoms with Crippen LogP contribution in [-0.4, -0.2) is 80.0 Å². The number of amides is 1. The lowest BCUT2D eigenvalue weighted by Crippen LogP contribution is -2.29. The van der Waals surface area contributed by atoms with E-state index >= 15 is 0 Å². The van der Waals surface area contributed by atoms with E-state index in [0.717, 1.165) is 56.6 Å². The van der Waals surface area contributed by atoms with Crippen molar-refractivity contribution in [2.45, 2.75) is 39.0 Å². The van der Waals surface area contributed by atoms with Crippen LogP contribution in [0.2, 0.25) is 0 Å². The number of hydrogen-bond donors (Lipinski definition) is 4. The van der Waals surface area contributed by atoms with Gasteiger partial charge < -0.3 is 36.1 Å². The molecule has 198 valence electrons. The molecule has 5 N–H and O–H groups in total. The van der Waals surface area contributed by atoms with Gasteiger partial charge in [-0.3, -0.25) is 4.79 Å².